The summed E-state index contributed by atoms with van der Waals surface area (Å²) < 4.78 is 36.9. The highest BCUT2D eigenvalue weighted by Gasteiger charge is 2.09. The van der Waals surface area contributed by atoms with E-state index in [2.05, 4.69) is 15.0 Å². The van der Waals surface area contributed by atoms with Crippen molar-refractivity contribution >= 4 is 10.0 Å². The summed E-state index contributed by atoms with van der Waals surface area (Å²) in [6, 6.07) is 3.10. The number of nitrogens with zero attached hydrogens (tertiary/aromatic N) is 1. The predicted molar refractivity (Wildman–Crippen MR) is 72.7 cm³/mol. The van der Waals surface area contributed by atoms with Crippen LogP contribution in [0.1, 0.15) is 31.5 Å². The van der Waals surface area contributed by atoms with Crippen molar-refractivity contribution in [1.82, 2.24) is 15.0 Å². The molecule has 0 bridgehead atoms. The Morgan fingerprint density at radius 3 is 2.63 bits per heavy atom. The molecule has 1 aromatic heterocycles. The Morgan fingerprint density at radius 2 is 2.11 bits per heavy atom. The lowest BCUT2D eigenvalue weighted by molar-refractivity contribution is 0.495. The molecule has 0 spiro atoms. The van der Waals surface area contributed by atoms with Gasteiger partial charge in [-0.1, -0.05) is 6.92 Å². The fourth-order valence-electron chi connectivity index (χ4n) is 1.67. The molecule has 19 heavy (non-hydrogen) atoms. The first kappa shape index (κ1) is 16.0. The molecule has 108 valence electrons. The van der Waals surface area contributed by atoms with Crippen LogP contribution in [0.2, 0.25) is 0 Å². The van der Waals surface area contributed by atoms with Gasteiger partial charge in [-0.2, -0.15) is 0 Å². The summed E-state index contributed by atoms with van der Waals surface area (Å²) in [7, 11) is -3.12. The molecule has 2 N–H and O–H groups in total. The second kappa shape index (κ2) is 7.52. The van der Waals surface area contributed by atoms with Gasteiger partial charge in [0.15, 0.2) is 0 Å². The molecule has 0 saturated heterocycles. The maximum absolute atomic E-state index is 12.8. The molecular weight excluding hydrogens is 269 g/mol. The van der Waals surface area contributed by atoms with E-state index < -0.39 is 10.0 Å². The molecule has 1 aromatic rings. The number of halogens is 1. The van der Waals surface area contributed by atoms with Crippen molar-refractivity contribution < 1.29 is 12.8 Å². The smallest absolute Gasteiger partial charge is 0.208 e. The van der Waals surface area contributed by atoms with Gasteiger partial charge in [-0.3, -0.25) is 4.98 Å². The predicted octanol–water partition coefficient (Wildman–Crippen LogP) is 1.20. The average molecular weight is 289 g/mol. The van der Waals surface area contributed by atoms with E-state index in [0.29, 0.717) is 19.5 Å². The van der Waals surface area contributed by atoms with Crippen LogP contribution in [0.4, 0.5) is 4.39 Å². The van der Waals surface area contributed by atoms with Crippen LogP contribution in [-0.4, -0.2) is 32.7 Å². The molecule has 0 aromatic carbocycles. The molecular formula is C12H20FN3O2S. The molecule has 1 atom stereocenters. The number of hydrogen-bond donors (Lipinski definition) is 2. The number of pyridine rings is 1. The SMILES string of the molecule is CCC(NCCCNS(C)(=O)=O)c1ccc(F)cn1. The van der Waals surface area contributed by atoms with Crippen LogP contribution in [-0.2, 0) is 10.0 Å². The summed E-state index contributed by atoms with van der Waals surface area (Å²) in [5, 5.41) is 3.27. The third-order valence-electron chi connectivity index (χ3n) is 2.62. The molecule has 0 radical (unpaired) electrons. The van der Waals surface area contributed by atoms with Gasteiger partial charge in [0.25, 0.3) is 0 Å². The minimum atomic E-state index is -3.12. The largest absolute Gasteiger partial charge is 0.309 e. The molecule has 0 fully saturated rings. The van der Waals surface area contributed by atoms with Crippen molar-refractivity contribution in [3.8, 4) is 0 Å². The first-order valence-electron chi connectivity index (χ1n) is 6.22. The fraction of sp³-hybridized carbons (Fsp3) is 0.583. The molecule has 0 aliphatic rings. The number of aromatic nitrogens is 1. The van der Waals surface area contributed by atoms with Crippen LogP contribution in [0, 0.1) is 5.82 Å². The summed E-state index contributed by atoms with van der Waals surface area (Å²) in [6.07, 6.45) is 3.85. The van der Waals surface area contributed by atoms with Gasteiger partial charge in [0.05, 0.1) is 18.1 Å². The van der Waals surface area contributed by atoms with Gasteiger partial charge < -0.3 is 5.32 Å². The molecule has 5 nitrogen and oxygen atoms in total. The Kier molecular flexibility index (Phi) is 6.33. The summed E-state index contributed by atoms with van der Waals surface area (Å²) in [5.41, 5.74) is 0.792. The molecule has 0 saturated carbocycles. The summed E-state index contributed by atoms with van der Waals surface area (Å²) >= 11 is 0. The lowest BCUT2D eigenvalue weighted by Crippen LogP contribution is -2.28. The molecule has 1 rings (SSSR count). The number of sulfonamides is 1. The van der Waals surface area contributed by atoms with E-state index in [0.717, 1.165) is 18.4 Å². The number of nitrogens with one attached hydrogen (secondary N) is 2. The Labute approximate surface area is 113 Å². The van der Waals surface area contributed by atoms with Crippen LogP contribution in [0.25, 0.3) is 0 Å². The van der Waals surface area contributed by atoms with Gasteiger partial charge in [-0.05, 0) is 31.5 Å². The van der Waals surface area contributed by atoms with E-state index >= 15 is 0 Å². The Morgan fingerprint density at radius 1 is 1.37 bits per heavy atom. The zero-order valence-corrected chi connectivity index (χ0v) is 12.0. The van der Waals surface area contributed by atoms with E-state index in [-0.39, 0.29) is 11.9 Å². The molecule has 1 unspecified atom stereocenters. The van der Waals surface area contributed by atoms with Crippen molar-refractivity contribution in [3.63, 3.8) is 0 Å². The number of hydrogen-bond acceptors (Lipinski definition) is 4. The van der Waals surface area contributed by atoms with Gasteiger partial charge in [0.1, 0.15) is 5.82 Å². The molecule has 0 aliphatic carbocycles. The second-order valence-corrected chi connectivity index (χ2v) is 6.17. The van der Waals surface area contributed by atoms with Gasteiger partial charge >= 0.3 is 0 Å². The van der Waals surface area contributed by atoms with Crippen molar-refractivity contribution in [3.05, 3.63) is 29.8 Å². The van der Waals surface area contributed by atoms with Gasteiger partial charge in [-0.25, -0.2) is 17.5 Å². The van der Waals surface area contributed by atoms with Crippen LogP contribution in [0.3, 0.4) is 0 Å². The average Bonchev–Trinajstić information content (AvgIpc) is 2.34. The summed E-state index contributed by atoms with van der Waals surface area (Å²) in [4.78, 5) is 4.04. The van der Waals surface area contributed by atoms with E-state index in [1.54, 1.807) is 6.07 Å². The molecule has 0 amide bonds. The van der Waals surface area contributed by atoms with E-state index in [1.807, 2.05) is 6.92 Å². The highest BCUT2D eigenvalue weighted by Crippen LogP contribution is 2.13. The van der Waals surface area contributed by atoms with E-state index in [9.17, 15) is 12.8 Å². The Bertz CT molecular complexity index is 476. The van der Waals surface area contributed by atoms with Crippen molar-refractivity contribution in [2.75, 3.05) is 19.3 Å². The monoisotopic (exact) mass is 289 g/mol. The molecule has 0 aliphatic heterocycles. The minimum Gasteiger partial charge on any atom is -0.309 e. The van der Waals surface area contributed by atoms with Crippen molar-refractivity contribution in [2.45, 2.75) is 25.8 Å². The van der Waals surface area contributed by atoms with Crippen LogP contribution in [0.5, 0.6) is 0 Å². The first-order valence-corrected chi connectivity index (χ1v) is 8.11. The van der Waals surface area contributed by atoms with Crippen LogP contribution < -0.4 is 10.0 Å². The zero-order valence-electron chi connectivity index (χ0n) is 11.2. The number of rotatable bonds is 8. The third-order valence-corrected chi connectivity index (χ3v) is 3.35. The van der Waals surface area contributed by atoms with Crippen molar-refractivity contribution in [1.29, 1.82) is 0 Å². The van der Waals surface area contributed by atoms with Crippen LogP contribution in [0.15, 0.2) is 18.3 Å². The van der Waals surface area contributed by atoms with Gasteiger partial charge in [-0.15, -0.1) is 0 Å². The van der Waals surface area contributed by atoms with E-state index in [4.69, 9.17) is 0 Å². The Hall–Kier alpha value is -1.05. The van der Waals surface area contributed by atoms with Crippen LogP contribution >= 0.6 is 0 Å². The Balaban J connectivity index is 2.35. The lowest BCUT2D eigenvalue weighted by atomic mass is 10.1. The lowest BCUT2D eigenvalue weighted by Gasteiger charge is -2.16. The summed E-state index contributed by atoms with van der Waals surface area (Å²) in [5.74, 6) is -0.351. The highest BCUT2D eigenvalue weighted by molar-refractivity contribution is 7.88. The molecule has 7 heteroatoms. The topological polar surface area (TPSA) is 71.1 Å². The van der Waals surface area contributed by atoms with Gasteiger partial charge in [0, 0.05) is 12.6 Å². The molecule has 1 heterocycles. The first-order chi connectivity index (χ1) is 8.92. The third kappa shape index (κ3) is 6.60. The standard InChI is InChI=1S/C12H20FN3O2S/c1-3-11(12-6-5-10(13)9-15-12)14-7-4-8-16-19(2,17)18/h5-6,9,11,14,16H,3-4,7-8H2,1-2H3. The second-order valence-electron chi connectivity index (χ2n) is 4.34. The maximum Gasteiger partial charge on any atom is 0.208 e. The highest BCUT2D eigenvalue weighted by atomic mass is 32.2. The fourth-order valence-corrected chi connectivity index (χ4v) is 2.19. The van der Waals surface area contributed by atoms with Crippen molar-refractivity contribution in [2.24, 2.45) is 0 Å². The zero-order chi connectivity index (χ0) is 14.3. The minimum absolute atomic E-state index is 0.0545. The quantitative estimate of drug-likeness (QED) is 0.706. The maximum atomic E-state index is 12.8. The normalized spacial score (nSPS) is 13.4. The van der Waals surface area contributed by atoms with Gasteiger partial charge in [0.2, 0.25) is 10.0 Å². The van der Waals surface area contributed by atoms with E-state index in [1.165, 1.54) is 12.3 Å². The summed E-state index contributed by atoms with van der Waals surface area (Å²) in [6.45, 7) is 3.08.